The normalized spacial score (nSPS) is 14.2. The van der Waals surface area contributed by atoms with Gasteiger partial charge in [0, 0.05) is 4.47 Å². The summed E-state index contributed by atoms with van der Waals surface area (Å²) in [5.41, 5.74) is -0.969. The molecule has 18 heavy (non-hydrogen) atoms. The van der Waals surface area contributed by atoms with Gasteiger partial charge in [-0.1, -0.05) is 28.1 Å². The molecule has 2 N–H and O–H groups in total. The Bertz CT molecular complexity index is 569. The minimum atomic E-state index is -1.49. The predicted octanol–water partition coefficient (Wildman–Crippen LogP) is 3.00. The van der Waals surface area contributed by atoms with Crippen LogP contribution in [0.15, 0.2) is 45.5 Å². The van der Waals surface area contributed by atoms with Crippen LogP contribution in [0.4, 0.5) is 0 Å². The zero-order valence-electron chi connectivity index (χ0n) is 9.55. The van der Waals surface area contributed by atoms with Crippen molar-refractivity contribution in [2.24, 2.45) is 0 Å². The molecule has 0 radical (unpaired) electrons. The molecule has 1 heterocycles. The minimum absolute atomic E-state index is 0.0253. The van der Waals surface area contributed by atoms with Crippen molar-refractivity contribution in [1.29, 1.82) is 0 Å². The highest BCUT2D eigenvalue weighted by Gasteiger charge is 2.33. The molecule has 0 aliphatic heterocycles. The van der Waals surface area contributed by atoms with E-state index in [0.29, 0.717) is 5.56 Å². The number of furan rings is 1. The van der Waals surface area contributed by atoms with Gasteiger partial charge in [0.2, 0.25) is 0 Å². The lowest BCUT2D eigenvalue weighted by Gasteiger charge is -2.22. The van der Waals surface area contributed by atoms with E-state index in [4.69, 9.17) is 9.52 Å². The molecule has 0 saturated carbocycles. The van der Waals surface area contributed by atoms with E-state index in [1.807, 2.05) is 0 Å². The number of halogens is 1. The first-order valence-corrected chi connectivity index (χ1v) is 6.02. The molecule has 2 rings (SSSR count). The zero-order chi connectivity index (χ0) is 13.3. The number of carbonyl (C=O) groups is 1. The first-order valence-electron chi connectivity index (χ1n) is 5.22. The van der Waals surface area contributed by atoms with Crippen LogP contribution >= 0.6 is 15.9 Å². The van der Waals surface area contributed by atoms with Crippen molar-refractivity contribution >= 4 is 21.9 Å². The van der Waals surface area contributed by atoms with E-state index in [1.54, 1.807) is 24.3 Å². The molecule has 0 bridgehead atoms. The number of carboxylic acids is 1. The highest BCUT2D eigenvalue weighted by molar-refractivity contribution is 9.10. The largest absolute Gasteiger partial charge is 0.478 e. The minimum Gasteiger partial charge on any atom is -0.478 e. The SMILES string of the molecule is CC(O)(c1ccc(Br)cc1)c1occc1C(=O)O. The zero-order valence-corrected chi connectivity index (χ0v) is 11.1. The van der Waals surface area contributed by atoms with E-state index in [2.05, 4.69) is 15.9 Å². The van der Waals surface area contributed by atoms with E-state index < -0.39 is 11.6 Å². The molecule has 0 amide bonds. The summed E-state index contributed by atoms with van der Waals surface area (Å²) < 4.78 is 6.01. The molecule has 4 nitrogen and oxygen atoms in total. The fourth-order valence-electron chi connectivity index (χ4n) is 1.76. The molecule has 94 valence electrons. The van der Waals surface area contributed by atoms with Gasteiger partial charge >= 0.3 is 5.97 Å². The second kappa shape index (κ2) is 4.59. The van der Waals surface area contributed by atoms with Crippen molar-refractivity contribution in [2.45, 2.75) is 12.5 Å². The van der Waals surface area contributed by atoms with Crippen molar-refractivity contribution in [1.82, 2.24) is 0 Å². The summed E-state index contributed by atoms with van der Waals surface area (Å²) in [6.07, 6.45) is 1.26. The molecule has 1 aromatic heterocycles. The quantitative estimate of drug-likeness (QED) is 0.914. The smallest absolute Gasteiger partial charge is 0.339 e. The summed E-state index contributed by atoms with van der Waals surface area (Å²) in [6, 6.07) is 8.28. The molecular formula is C13H11BrO4. The van der Waals surface area contributed by atoms with E-state index in [0.717, 1.165) is 4.47 Å². The summed E-state index contributed by atoms with van der Waals surface area (Å²) in [4.78, 5) is 11.0. The van der Waals surface area contributed by atoms with Crippen LogP contribution < -0.4 is 0 Å². The molecule has 2 aromatic rings. The number of rotatable bonds is 3. The third-order valence-electron chi connectivity index (χ3n) is 2.74. The van der Waals surface area contributed by atoms with Gasteiger partial charge in [0.05, 0.1) is 6.26 Å². The maximum absolute atomic E-state index is 11.0. The van der Waals surface area contributed by atoms with E-state index >= 15 is 0 Å². The van der Waals surface area contributed by atoms with Gasteiger partial charge in [-0.15, -0.1) is 0 Å². The van der Waals surface area contributed by atoms with E-state index in [1.165, 1.54) is 19.3 Å². The standard InChI is InChI=1S/C13H11BrO4/c1-13(17,8-2-4-9(14)5-3-8)11-10(12(15)16)6-7-18-11/h2-7,17H,1H3,(H,15,16). The van der Waals surface area contributed by atoms with Gasteiger partial charge in [0.1, 0.15) is 11.2 Å². The van der Waals surface area contributed by atoms with Crippen LogP contribution in [0, 0.1) is 0 Å². The van der Waals surface area contributed by atoms with Crippen LogP contribution in [0.1, 0.15) is 28.6 Å². The maximum Gasteiger partial charge on any atom is 0.339 e. The van der Waals surface area contributed by atoms with Crippen molar-refractivity contribution in [3.05, 3.63) is 58.0 Å². The Morgan fingerprint density at radius 2 is 1.89 bits per heavy atom. The highest BCUT2D eigenvalue weighted by atomic mass is 79.9. The third-order valence-corrected chi connectivity index (χ3v) is 3.27. The fourth-order valence-corrected chi connectivity index (χ4v) is 2.02. The first-order chi connectivity index (χ1) is 8.43. The summed E-state index contributed by atoms with van der Waals surface area (Å²) in [5, 5.41) is 19.5. The number of aromatic carboxylic acids is 1. The molecule has 0 aliphatic carbocycles. The van der Waals surface area contributed by atoms with Gasteiger partial charge in [0.15, 0.2) is 5.76 Å². The van der Waals surface area contributed by atoms with Gasteiger partial charge in [-0.25, -0.2) is 4.79 Å². The number of carboxylic acid groups (broad SMARTS) is 1. The number of hydrogen-bond acceptors (Lipinski definition) is 3. The van der Waals surface area contributed by atoms with Gasteiger partial charge in [-0.05, 0) is 30.7 Å². The molecular weight excluding hydrogens is 300 g/mol. The van der Waals surface area contributed by atoms with Crippen LogP contribution in [-0.4, -0.2) is 16.2 Å². The Kier molecular flexibility index (Phi) is 3.28. The number of hydrogen-bond donors (Lipinski definition) is 2. The molecule has 0 aliphatic rings. The second-order valence-electron chi connectivity index (χ2n) is 4.05. The van der Waals surface area contributed by atoms with Crippen LogP contribution in [0.3, 0.4) is 0 Å². The molecule has 5 heteroatoms. The van der Waals surface area contributed by atoms with E-state index in [-0.39, 0.29) is 11.3 Å². The second-order valence-corrected chi connectivity index (χ2v) is 4.96. The summed E-state index contributed by atoms with van der Waals surface area (Å²) >= 11 is 3.30. The number of aliphatic hydroxyl groups is 1. The van der Waals surface area contributed by atoms with Gasteiger partial charge in [0.25, 0.3) is 0 Å². The predicted molar refractivity (Wildman–Crippen MR) is 68.5 cm³/mol. The van der Waals surface area contributed by atoms with Gasteiger partial charge in [-0.2, -0.15) is 0 Å². The Balaban J connectivity index is 2.50. The molecule has 1 aromatic carbocycles. The Morgan fingerprint density at radius 3 is 2.44 bits per heavy atom. The Labute approximate surface area is 112 Å². The average Bonchev–Trinajstić information content (AvgIpc) is 2.79. The molecule has 0 spiro atoms. The van der Waals surface area contributed by atoms with Crippen LogP contribution in [0.2, 0.25) is 0 Å². The van der Waals surface area contributed by atoms with Crippen molar-refractivity contribution in [2.75, 3.05) is 0 Å². The van der Waals surface area contributed by atoms with Crippen molar-refractivity contribution < 1.29 is 19.4 Å². The van der Waals surface area contributed by atoms with Crippen molar-refractivity contribution in [3.63, 3.8) is 0 Å². The lowest BCUT2D eigenvalue weighted by Crippen LogP contribution is -2.24. The molecule has 0 saturated heterocycles. The van der Waals surface area contributed by atoms with Gasteiger partial charge < -0.3 is 14.6 Å². The van der Waals surface area contributed by atoms with Crippen LogP contribution in [0.5, 0.6) is 0 Å². The molecule has 1 unspecified atom stereocenters. The lowest BCUT2D eigenvalue weighted by molar-refractivity contribution is 0.0615. The Hall–Kier alpha value is -1.59. The van der Waals surface area contributed by atoms with E-state index in [9.17, 15) is 9.90 Å². The van der Waals surface area contributed by atoms with Gasteiger partial charge in [-0.3, -0.25) is 0 Å². The Morgan fingerprint density at radius 1 is 1.28 bits per heavy atom. The fraction of sp³-hybridized carbons (Fsp3) is 0.154. The maximum atomic E-state index is 11.0. The number of benzene rings is 1. The molecule has 1 atom stereocenters. The van der Waals surface area contributed by atoms with Crippen LogP contribution in [0.25, 0.3) is 0 Å². The van der Waals surface area contributed by atoms with Crippen LogP contribution in [-0.2, 0) is 5.60 Å². The third kappa shape index (κ3) is 2.19. The summed E-state index contributed by atoms with van der Waals surface area (Å²) in [6.45, 7) is 1.50. The molecule has 0 fully saturated rings. The van der Waals surface area contributed by atoms with Crippen molar-refractivity contribution in [3.8, 4) is 0 Å². The monoisotopic (exact) mass is 310 g/mol. The summed E-state index contributed by atoms with van der Waals surface area (Å²) in [7, 11) is 0. The highest BCUT2D eigenvalue weighted by Crippen LogP contribution is 2.32. The first kappa shape index (κ1) is 12.9. The summed E-state index contributed by atoms with van der Waals surface area (Å²) in [5.74, 6) is -1.10. The lowest BCUT2D eigenvalue weighted by atomic mass is 9.91. The topological polar surface area (TPSA) is 70.7 Å². The average molecular weight is 311 g/mol.